The summed E-state index contributed by atoms with van der Waals surface area (Å²) in [5.74, 6) is 1.34. The van der Waals surface area contributed by atoms with Crippen molar-refractivity contribution in [3.63, 3.8) is 0 Å². The Kier molecular flexibility index (Phi) is 3.28. The maximum absolute atomic E-state index is 6.05. The van der Waals surface area contributed by atoms with E-state index in [2.05, 4.69) is 31.0 Å². The monoisotopic (exact) mass is 216 g/mol. The van der Waals surface area contributed by atoms with E-state index >= 15 is 0 Å². The van der Waals surface area contributed by atoms with Crippen LogP contribution in [0.1, 0.15) is 36.8 Å². The summed E-state index contributed by atoms with van der Waals surface area (Å²) in [6.07, 6.45) is 5.02. The van der Waals surface area contributed by atoms with Crippen LogP contribution in [0.15, 0.2) is 23.2 Å². The normalized spacial score (nSPS) is 18.0. The highest BCUT2D eigenvalue weighted by Gasteiger charge is 2.18. The van der Waals surface area contributed by atoms with Gasteiger partial charge in [0.1, 0.15) is 5.84 Å². The molecule has 1 aromatic carbocycles. The van der Waals surface area contributed by atoms with Crippen molar-refractivity contribution in [3.8, 4) is 0 Å². The highest BCUT2D eigenvalue weighted by molar-refractivity contribution is 5.85. The molecule has 0 heterocycles. The summed E-state index contributed by atoms with van der Waals surface area (Å²) in [4.78, 5) is 4.54. The number of nitrogens with zero attached hydrogens (tertiary/aromatic N) is 1. The van der Waals surface area contributed by atoms with E-state index in [0.29, 0.717) is 5.92 Å². The molecule has 2 heteroatoms. The van der Waals surface area contributed by atoms with Crippen molar-refractivity contribution in [2.45, 2.75) is 39.5 Å². The van der Waals surface area contributed by atoms with Crippen LogP contribution in [0.5, 0.6) is 0 Å². The molecule has 0 atom stereocenters. The van der Waals surface area contributed by atoms with Crippen LogP contribution in [0.2, 0.25) is 0 Å². The molecule has 0 aromatic heterocycles. The largest absolute Gasteiger partial charge is 0.387 e. The molecule has 2 nitrogen and oxygen atoms in total. The van der Waals surface area contributed by atoms with Crippen LogP contribution in [0.3, 0.4) is 0 Å². The average Bonchev–Trinajstić information content (AvgIpc) is 2.77. The van der Waals surface area contributed by atoms with Gasteiger partial charge in [0, 0.05) is 5.92 Å². The molecule has 16 heavy (non-hydrogen) atoms. The molecule has 1 fully saturated rings. The molecule has 86 valence electrons. The topological polar surface area (TPSA) is 38.4 Å². The lowest BCUT2D eigenvalue weighted by atomic mass is 10.1. The zero-order chi connectivity index (χ0) is 11.5. The van der Waals surface area contributed by atoms with E-state index in [4.69, 9.17) is 5.73 Å². The lowest BCUT2D eigenvalue weighted by Gasteiger charge is -2.08. The van der Waals surface area contributed by atoms with Crippen LogP contribution < -0.4 is 5.73 Å². The van der Waals surface area contributed by atoms with Gasteiger partial charge in [-0.2, -0.15) is 0 Å². The molecule has 0 unspecified atom stereocenters. The van der Waals surface area contributed by atoms with Crippen LogP contribution in [0.4, 0.5) is 5.69 Å². The van der Waals surface area contributed by atoms with Gasteiger partial charge in [0.25, 0.3) is 0 Å². The Morgan fingerprint density at radius 2 is 1.88 bits per heavy atom. The predicted molar refractivity (Wildman–Crippen MR) is 69.2 cm³/mol. The lowest BCUT2D eigenvalue weighted by Crippen LogP contribution is -2.20. The van der Waals surface area contributed by atoms with Gasteiger partial charge >= 0.3 is 0 Å². The molecule has 0 spiro atoms. The maximum atomic E-state index is 6.05. The standard InChI is InChI=1S/C14H20N2/c1-10-7-8-13(9-11(10)2)16-14(15)12-5-3-4-6-12/h7-9,12H,3-6H2,1-2H3,(H2,15,16). The summed E-state index contributed by atoms with van der Waals surface area (Å²) in [6.45, 7) is 4.23. The van der Waals surface area contributed by atoms with Gasteiger partial charge in [0.15, 0.2) is 0 Å². The van der Waals surface area contributed by atoms with Gasteiger partial charge in [-0.3, -0.25) is 0 Å². The summed E-state index contributed by atoms with van der Waals surface area (Å²) < 4.78 is 0. The van der Waals surface area contributed by atoms with Gasteiger partial charge in [-0.15, -0.1) is 0 Å². The van der Waals surface area contributed by atoms with Crippen molar-refractivity contribution in [2.75, 3.05) is 0 Å². The number of benzene rings is 1. The molecule has 1 aromatic rings. The molecule has 0 saturated heterocycles. The molecule has 0 bridgehead atoms. The van der Waals surface area contributed by atoms with Gasteiger partial charge < -0.3 is 5.73 Å². The zero-order valence-corrected chi connectivity index (χ0v) is 10.2. The summed E-state index contributed by atoms with van der Waals surface area (Å²) in [6, 6.07) is 6.26. The van der Waals surface area contributed by atoms with Gasteiger partial charge in [0.05, 0.1) is 5.69 Å². The van der Waals surface area contributed by atoms with E-state index in [1.165, 1.54) is 36.8 Å². The van der Waals surface area contributed by atoms with Crippen molar-refractivity contribution in [3.05, 3.63) is 29.3 Å². The van der Waals surface area contributed by atoms with E-state index < -0.39 is 0 Å². The van der Waals surface area contributed by atoms with Crippen LogP contribution in [0.25, 0.3) is 0 Å². The molecule has 1 aliphatic rings. The first-order chi connectivity index (χ1) is 7.66. The minimum absolute atomic E-state index is 0.515. The second-order valence-electron chi connectivity index (χ2n) is 4.79. The van der Waals surface area contributed by atoms with Crippen LogP contribution in [-0.4, -0.2) is 5.84 Å². The molecule has 0 radical (unpaired) electrons. The second-order valence-corrected chi connectivity index (χ2v) is 4.79. The lowest BCUT2D eigenvalue weighted by molar-refractivity contribution is 0.722. The predicted octanol–water partition coefficient (Wildman–Crippen LogP) is 3.48. The second kappa shape index (κ2) is 4.69. The van der Waals surface area contributed by atoms with Crippen LogP contribution in [-0.2, 0) is 0 Å². The van der Waals surface area contributed by atoms with Gasteiger partial charge in [-0.25, -0.2) is 4.99 Å². The summed E-state index contributed by atoms with van der Waals surface area (Å²) in [5.41, 5.74) is 9.62. The molecular weight excluding hydrogens is 196 g/mol. The Labute approximate surface area is 97.6 Å². The Morgan fingerprint density at radius 1 is 1.19 bits per heavy atom. The third kappa shape index (κ3) is 2.43. The number of rotatable bonds is 2. The SMILES string of the molecule is Cc1ccc(N=C(N)C2CCCC2)cc1C. The first-order valence-electron chi connectivity index (χ1n) is 6.08. The smallest absolute Gasteiger partial charge is 0.103 e. The fourth-order valence-electron chi connectivity index (χ4n) is 2.26. The molecule has 1 aliphatic carbocycles. The number of hydrogen-bond donors (Lipinski definition) is 1. The van der Waals surface area contributed by atoms with Crippen molar-refractivity contribution in [1.82, 2.24) is 0 Å². The highest BCUT2D eigenvalue weighted by atomic mass is 14.9. The summed E-state index contributed by atoms with van der Waals surface area (Å²) in [7, 11) is 0. The van der Waals surface area contributed by atoms with E-state index in [0.717, 1.165) is 11.5 Å². The Balaban J connectivity index is 2.17. The van der Waals surface area contributed by atoms with E-state index in [9.17, 15) is 0 Å². The number of hydrogen-bond acceptors (Lipinski definition) is 1. The van der Waals surface area contributed by atoms with E-state index in [1.807, 2.05) is 6.07 Å². The van der Waals surface area contributed by atoms with Crippen molar-refractivity contribution in [1.29, 1.82) is 0 Å². The maximum Gasteiger partial charge on any atom is 0.103 e. The van der Waals surface area contributed by atoms with E-state index in [1.54, 1.807) is 0 Å². The van der Waals surface area contributed by atoms with E-state index in [-0.39, 0.29) is 0 Å². The minimum atomic E-state index is 0.515. The molecule has 1 saturated carbocycles. The molecular formula is C14H20N2. The first-order valence-corrected chi connectivity index (χ1v) is 6.08. The first kappa shape index (κ1) is 11.2. The van der Waals surface area contributed by atoms with Gasteiger partial charge in [-0.1, -0.05) is 18.9 Å². The van der Waals surface area contributed by atoms with Crippen molar-refractivity contribution in [2.24, 2.45) is 16.6 Å². The third-order valence-corrected chi connectivity index (χ3v) is 3.52. The third-order valence-electron chi connectivity index (χ3n) is 3.52. The zero-order valence-electron chi connectivity index (χ0n) is 10.2. The average molecular weight is 216 g/mol. The quantitative estimate of drug-likeness (QED) is 0.596. The van der Waals surface area contributed by atoms with Crippen molar-refractivity contribution >= 4 is 11.5 Å². The Hall–Kier alpha value is -1.31. The fourth-order valence-corrected chi connectivity index (χ4v) is 2.26. The van der Waals surface area contributed by atoms with Gasteiger partial charge in [-0.05, 0) is 49.9 Å². The summed E-state index contributed by atoms with van der Waals surface area (Å²) in [5, 5.41) is 0. The molecule has 2 N–H and O–H groups in total. The molecule has 2 rings (SSSR count). The fraction of sp³-hybridized carbons (Fsp3) is 0.500. The van der Waals surface area contributed by atoms with Gasteiger partial charge in [0.2, 0.25) is 0 Å². The minimum Gasteiger partial charge on any atom is -0.387 e. The van der Waals surface area contributed by atoms with Crippen LogP contribution in [0, 0.1) is 19.8 Å². The Bertz CT molecular complexity index is 401. The van der Waals surface area contributed by atoms with Crippen molar-refractivity contribution < 1.29 is 0 Å². The Morgan fingerprint density at radius 3 is 2.50 bits per heavy atom. The van der Waals surface area contributed by atoms with Crippen LogP contribution >= 0.6 is 0 Å². The number of nitrogens with two attached hydrogens (primary N) is 1. The number of amidine groups is 1. The number of aryl methyl sites for hydroxylation is 2. The molecule has 0 aliphatic heterocycles. The highest BCUT2D eigenvalue weighted by Crippen LogP contribution is 2.26. The number of aliphatic imine (C=N–C) groups is 1. The molecule has 0 amide bonds. The summed E-state index contributed by atoms with van der Waals surface area (Å²) >= 11 is 0.